The number of aryl methyl sites for hydroxylation is 2. The molecule has 0 saturated heterocycles. The van der Waals surface area contributed by atoms with Crippen LogP contribution in [0.3, 0.4) is 0 Å². The highest BCUT2D eigenvalue weighted by molar-refractivity contribution is 8.00. The SMILES string of the molecule is CC.CC.CSC(N)(C(=O)OCC(C(=O)Nc1nnc(CCCCc2nnc(NC(=O)C(COC(=O)C=C(C)C)c3ccccc3)s2)s1)c1ccccc1)C(C)C. The molecule has 0 fully saturated rings. The lowest BCUT2D eigenvalue weighted by Crippen LogP contribution is -2.50. The quantitative estimate of drug-likeness (QED) is 0.0356. The summed E-state index contributed by atoms with van der Waals surface area (Å²) in [4.78, 5) is 50.4. The third-order valence-electron chi connectivity index (χ3n) is 8.16. The van der Waals surface area contributed by atoms with Gasteiger partial charge in [0.25, 0.3) is 0 Å². The van der Waals surface area contributed by atoms with Crippen LogP contribution in [0.5, 0.6) is 0 Å². The van der Waals surface area contributed by atoms with Crippen molar-refractivity contribution in [2.75, 3.05) is 30.1 Å². The van der Waals surface area contributed by atoms with Crippen molar-refractivity contribution in [2.45, 2.75) is 97.8 Å². The Labute approximate surface area is 349 Å². The number of unbranched alkanes of at least 4 members (excludes halogenated alkanes) is 1. The van der Waals surface area contributed by atoms with Gasteiger partial charge in [0.1, 0.15) is 23.2 Å². The Kier molecular flexibility index (Phi) is 21.9. The Morgan fingerprint density at radius 2 is 1.16 bits per heavy atom. The number of rotatable bonds is 19. The molecule has 310 valence electrons. The Balaban J connectivity index is 0.00000271. The molecule has 0 radical (unpaired) electrons. The van der Waals surface area contributed by atoms with Crippen LogP contribution in [-0.4, -0.2) is 68.5 Å². The van der Waals surface area contributed by atoms with Gasteiger partial charge < -0.3 is 15.2 Å². The van der Waals surface area contributed by atoms with Crippen LogP contribution in [0.1, 0.15) is 101 Å². The van der Waals surface area contributed by atoms with Crippen molar-refractivity contribution in [3.63, 3.8) is 0 Å². The fourth-order valence-corrected chi connectivity index (χ4v) is 7.30. The van der Waals surface area contributed by atoms with Crippen LogP contribution in [0.2, 0.25) is 0 Å². The molecule has 4 rings (SSSR count). The van der Waals surface area contributed by atoms with E-state index in [4.69, 9.17) is 15.2 Å². The van der Waals surface area contributed by atoms with Gasteiger partial charge in [-0.25, -0.2) is 9.59 Å². The number of amides is 2. The zero-order valence-corrected chi connectivity index (χ0v) is 36.8. The molecule has 0 aliphatic rings. The first-order chi connectivity index (χ1) is 27.4. The van der Waals surface area contributed by atoms with Crippen molar-refractivity contribution in [2.24, 2.45) is 11.7 Å². The summed E-state index contributed by atoms with van der Waals surface area (Å²) in [6.07, 6.45) is 5.99. The van der Waals surface area contributed by atoms with Gasteiger partial charge in [-0.1, -0.05) is 130 Å². The predicted octanol–water partition coefficient (Wildman–Crippen LogP) is 8.18. The lowest BCUT2D eigenvalue weighted by Gasteiger charge is -2.29. The van der Waals surface area contributed by atoms with Gasteiger partial charge in [0.2, 0.25) is 22.1 Å². The van der Waals surface area contributed by atoms with E-state index in [2.05, 4.69) is 31.0 Å². The Bertz CT molecular complexity index is 1850. The highest BCUT2D eigenvalue weighted by Gasteiger charge is 2.39. The topological polar surface area (TPSA) is 188 Å². The van der Waals surface area contributed by atoms with Crippen molar-refractivity contribution in [1.29, 1.82) is 0 Å². The number of anilines is 2. The molecular formula is C41H57N7O6S3. The molecule has 4 N–H and O–H groups in total. The molecule has 0 spiro atoms. The molecule has 0 aliphatic heterocycles. The number of thioether (sulfide) groups is 1. The molecule has 16 heteroatoms. The number of nitrogens with two attached hydrogens (primary N) is 1. The number of aromatic nitrogens is 4. The van der Waals surface area contributed by atoms with Gasteiger partial charge in [-0.2, -0.15) is 0 Å². The maximum atomic E-state index is 13.4. The molecule has 0 aliphatic carbocycles. The van der Waals surface area contributed by atoms with E-state index in [1.807, 2.05) is 90.1 Å². The molecule has 2 heterocycles. The highest BCUT2D eigenvalue weighted by Crippen LogP contribution is 2.29. The monoisotopic (exact) mass is 839 g/mol. The summed E-state index contributed by atoms with van der Waals surface area (Å²) in [5.41, 5.74) is 8.51. The lowest BCUT2D eigenvalue weighted by molar-refractivity contribution is -0.149. The van der Waals surface area contributed by atoms with Crippen LogP contribution in [0.25, 0.3) is 0 Å². The first-order valence-electron chi connectivity index (χ1n) is 19.1. The Hall–Kier alpha value is -4.51. The number of nitrogens with zero attached hydrogens (tertiary/aromatic N) is 4. The van der Waals surface area contributed by atoms with Crippen LogP contribution < -0.4 is 16.4 Å². The zero-order chi connectivity index (χ0) is 42.4. The molecule has 2 aromatic carbocycles. The summed E-state index contributed by atoms with van der Waals surface area (Å²) >= 11 is 3.79. The maximum absolute atomic E-state index is 13.4. The molecule has 0 bridgehead atoms. The van der Waals surface area contributed by atoms with Gasteiger partial charge in [-0.3, -0.25) is 20.2 Å². The van der Waals surface area contributed by atoms with Gasteiger partial charge in [-0.15, -0.1) is 32.2 Å². The fourth-order valence-electron chi connectivity index (χ4n) is 5.03. The molecule has 0 saturated carbocycles. The number of benzene rings is 2. The van der Waals surface area contributed by atoms with Gasteiger partial charge in [0.15, 0.2) is 4.87 Å². The Morgan fingerprint density at radius 1 is 0.737 bits per heavy atom. The van der Waals surface area contributed by atoms with Crippen LogP contribution in [0.15, 0.2) is 72.3 Å². The number of hydrogen-bond acceptors (Lipinski definition) is 14. The number of ether oxygens (including phenoxy) is 2. The van der Waals surface area contributed by atoms with Gasteiger partial charge in [-0.05, 0) is 50.0 Å². The molecule has 2 amide bonds. The predicted molar refractivity (Wildman–Crippen MR) is 231 cm³/mol. The molecule has 57 heavy (non-hydrogen) atoms. The average molecular weight is 840 g/mol. The standard InChI is InChI=1S/C37H45N7O6S3.2C2H6/c1-23(2)20-31(45)49-21-27(25-14-8-6-9-15-25)32(46)39-35-43-41-29(52-35)18-12-13-19-30-42-44-36(53-30)40-33(47)28(26-16-10-7-11-17-26)22-50-34(48)37(38,51-5)24(3)4;2*1-2/h6-11,14-17,20,24,27-28H,12-13,18-19,21-22,38H2,1-5H3,(H,39,43,46)(H,40,44,47);2*1-2H3. The smallest absolute Gasteiger partial charge is 0.336 e. The highest BCUT2D eigenvalue weighted by atomic mass is 32.2. The van der Waals surface area contributed by atoms with Crippen molar-refractivity contribution >= 4 is 68.5 Å². The first kappa shape index (κ1) is 48.6. The second-order valence-corrected chi connectivity index (χ2v) is 15.9. The number of carbonyl (C=O) groups is 4. The molecule has 3 unspecified atom stereocenters. The second kappa shape index (κ2) is 25.7. The van der Waals surface area contributed by atoms with E-state index in [1.165, 1.54) is 40.5 Å². The van der Waals surface area contributed by atoms with E-state index >= 15 is 0 Å². The second-order valence-electron chi connectivity index (χ2n) is 12.7. The summed E-state index contributed by atoms with van der Waals surface area (Å²) < 4.78 is 11.0. The number of nitrogens with one attached hydrogen (secondary N) is 2. The van der Waals surface area contributed by atoms with Crippen LogP contribution in [0, 0.1) is 5.92 Å². The normalized spacial score (nSPS) is 12.6. The first-order valence-corrected chi connectivity index (χ1v) is 21.9. The van der Waals surface area contributed by atoms with E-state index in [-0.39, 0.29) is 30.9 Å². The summed E-state index contributed by atoms with van der Waals surface area (Å²) in [5.74, 6) is -3.47. The number of allylic oxidation sites excluding steroid dienone is 1. The van der Waals surface area contributed by atoms with E-state index in [9.17, 15) is 19.2 Å². The van der Waals surface area contributed by atoms with Crippen molar-refractivity contribution in [3.05, 3.63) is 93.5 Å². The molecule has 13 nitrogen and oxygen atoms in total. The van der Waals surface area contributed by atoms with Crippen LogP contribution in [-0.2, 0) is 41.5 Å². The van der Waals surface area contributed by atoms with Gasteiger partial charge >= 0.3 is 11.9 Å². The summed E-state index contributed by atoms with van der Waals surface area (Å²) in [6.45, 7) is 15.0. The zero-order valence-electron chi connectivity index (χ0n) is 34.4. The molecule has 2 aromatic heterocycles. The minimum Gasteiger partial charge on any atom is -0.462 e. The number of esters is 2. The average Bonchev–Trinajstić information content (AvgIpc) is 3.87. The minimum absolute atomic E-state index is 0.115. The summed E-state index contributed by atoms with van der Waals surface area (Å²) in [7, 11) is 0. The maximum Gasteiger partial charge on any atom is 0.336 e. The minimum atomic E-state index is -1.23. The summed E-state index contributed by atoms with van der Waals surface area (Å²) in [5, 5.41) is 24.7. The molecule has 4 aromatic rings. The van der Waals surface area contributed by atoms with Crippen molar-refractivity contribution < 1.29 is 28.7 Å². The summed E-state index contributed by atoms with van der Waals surface area (Å²) in [6, 6.07) is 18.2. The largest absolute Gasteiger partial charge is 0.462 e. The van der Waals surface area contributed by atoms with Gasteiger partial charge in [0, 0.05) is 18.9 Å². The molecular weight excluding hydrogens is 783 g/mol. The van der Waals surface area contributed by atoms with Crippen molar-refractivity contribution in [3.8, 4) is 0 Å². The van der Waals surface area contributed by atoms with Crippen LogP contribution >= 0.6 is 34.4 Å². The number of carbonyl (C=O) groups excluding carboxylic acids is 4. The van der Waals surface area contributed by atoms with E-state index in [1.54, 1.807) is 32.2 Å². The van der Waals surface area contributed by atoms with E-state index < -0.39 is 28.6 Å². The van der Waals surface area contributed by atoms with E-state index in [0.29, 0.717) is 34.2 Å². The lowest BCUT2D eigenvalue weighted by atomic mass is 9.99. The van der Waals surface area contributed by atoms with Crippen molar-refractivity contribution in [1.82, 2.24) is 20.4 Å². The van der Waals surface area contributed by atoms with Gasteiger partial charge in [0.05, 0.1) is 11.8 Å². The third kappa shape index (κ3) is 15.7. The fraction of sp³-hybridized carbons (Fsp3) is 0.463. The van der Waals surface area contributed by atoms with Crippen LogP contribution in [0.4, 0.5) is 10.3 Å². The number of hydrogen-bond donors (Lipinski definition) is 3. The third-order valence-corrected chi connectivity index (χ3v) is 11.3. The van der Waals surface area contributed by atoms with E-state index in [0.717, 1.165) is 28.4 Å². The Morgan fingerprint density at radius 3 is 1.54 bits per heavy atom. The molecule has 3 atom stereocenters.